The van der Waals surface area contributed by atoms with Crippen molar-refractivity contribution in [3.05, 3.63) is 17.8 Å². The molecule has 1 amide bonds. The van der Waals surface area contributed by atoms with E-state index in [9.17, 15) is 4.79 Å². The van der Waals surface area contributed by atoms with Gasteiger partial charge < -0.3 is 9.73 Å². The van der Waals surface area contributed by atoms with Gasteiger partial charge in [-0.15, -0.1) is 0 Å². The summed E-state index contributed by atoms with van der Waals surface area (Å²) in [6.07, 6.45) is 2.55. The molecule has 1 atom stereocenters. The smallest absolute Gasteiger partial charge is 0.236 e. The summed E-state index contributed by atoms with van der Waals surface area (Å²) in [5, 5.41) is 5.97. The van der Waals surface area contributed by atoms with Gasteiger partial charge in [0.25, 0.3) is 0 Å². The molecule has 2 N–H and O–H groups in total. The molecule has 0 aliphatic heterocycles. The second-order valence-electron chi connectivity index (χ2n) is 4.82. The van der Waals surface area contributed by atoms with Crippen molar-refractivity contribution in [1.29, 1.82) is 0 Å². The summed E-state index contributed by atoms with van der Waals surface area (Å²) in [7, 11) is 0. The third-order valence-corrected chi connectivity index (χ3v) is 2.59. The molecule has 1 heterocycles. The zero-order chi connectivity index (χ0) is 13.5. The summed E-state index contributed by atoms with van der Waals surface area (Å²) in [6.45, 7) is 9.15. The summed E-state index contributed by atoms with van der Waals surface area (Å²) in [6, 6.07) is -0.249. The van der Waals surface area contributed by atoms with Crippen LogP contribution in [0.15, 0.2) is 10.6 Å². The Bertz CT molecular complexity index is 374. The Labute approximate surface area is 108 Å². The van der Waals surface area contributed by atoms with Gasteiger partial charge in [-0.05, 0) is 12.8 Å². The largest absolute Gasteiger partial charge is 0.444 e. The van der Waals surface area contributed by atoms with Crippen LogP contribution in [-0.4, -0.2) is 23.5 Å². The van der Waals surface area contributed by atoms with Crippen LogP contribution in [0.3, 0.4) is 0 Å². The molecule has 1 unspecified atom stereocenters. The highest BCUT2D eigenvalue weighted by molar-refractivity contribution is 5.81. The van der Waals surface area contributed by atoms with E-state index in [1.54, 1.807) is 6.20 Å². The van der Waals surface area contributed by atoms with Crippen molar-refractivity contribution < 1.29 is 9.21 Å². The van der Waals surface area contributed by atoms with Gasteiger partial charge in [-0.1, -0.05) is 20.8 Å². The molecule has 18 heavy (non-hydrogen) atoms. The third-order valence-electron chi connectivity index (χ3n) is 2.59. The van der Waals surface area contributed by atoms with Crippen LogP contribution < -0.4 is 10.6 Å². The van der Waals surface area contributed by atoms with Crippen molar-refractivity contribution in [3.63, 3.8) is 0 Å². The van der Waals surface area contributed by atoms with Crippen LogP contribution in [0.25, 0.3) is 0 Å². The Morgan fingerprint density at radius 3 is 2.72 bits per heavy atom. The maximum absolute atomic E-state index is 11.7. The molecule has 102 valence electrons. The lowest BCUT2D eigenvalue weighted by molar-refractivity contribution is -0.122. The lowest BCUT2D eigenvalue weighted by Gasteiger charge is -2.14. The summed E-state index contributed by atoms with van der Waals surface area (Å²) >= 11 is 0. The first-order valence-electron chi connectivity index (χ1n) is 6.47. The van der Waals surface area contributed by atoms with Gasteiger partial charge in [-0.2, -0.15) is 0 Å². The number of rotatable bonds is 7. The average molecular weight is 253 g/mol. The number of amides is 1. The van der Waals surface area contributed by atoms with Crippen molar-refractivity contribution in [3.8, 4) is 0 Å². The van der Waals surface area contributed by atoms with Crippen LogP contribution in [0, 0.1) is 5.92 Å². The van der Waals surface area contributed by atoms with Crippen molar-refractivity contribution in [2.75, 3.05) is 6.54 Å². The van der Waals surface area contributed by atoms with E-state index in [-0.39, 0.29) is 11.9 Å². The molecule has 0 saturated heterocycles. The number of hydrogen-bond acceptors (Lipinski definition) is 4. The fraction of sp³-hybridized carbons (Fsp3) is 0.692. The molecule has 0 spiro atoms. The van der Waals surface area contributed by atoms with E-state index in [1.165, 1.54) is 0 Å². The van der Waals surface area contributed by atoms with E-state index in [1.807, 2.05) is 13.8 Å². The van der Waals surface area contributed by atoms with E-state index in [2.05, 4.69) is 29.5 Å². The second-order valence-corrected chi connectivity index (χ2v) is 4.82. The highest BCUT2D eigenvalue weighted by Crippen LogP contribution is 2.03. The first kappa shape index (κ1) is 14.7. The molecular weight excluding hydrogens is 230 g/mol. The lowest BCUT2D eigenvalue weighted by Crippen LogP contribution is -2.43. The number of aryl methyl sites for hydroxylation is 1. The summed E-state index contributed by atoms with van der Waals surface area (Å²) in [5.74, 6) is 1.95. The van der Waals surface area contributed by atoms with E-state index in [0.29, 0.717) is 24.9 Å². The van der Waals surface area contributed by atoms with Gasteiger partial charge in [-0.25, -0.2) is 4.98 Å². The minimum atomic E-state index is -0.249. The Kier molecular flexibility index (Phi) is 5.85. The maximum Gasteiger partial charge on any atom is 0.236 e. The summed E-state index contributed by atoms with van der Waals surface area (Å²) in [5.41, 5.74) is 0. The molecule has 0 radical (unpaired) electrons. The molecule has 0 bridgehead atoms. The molecule has 1 rings (SSSR count). The Hall–Kier alpha value is -1.36. The van der Waals surface area contributed by atoms with Gasteiger partial charge in [0.1, 0.15) is 5.76 Å². The van der Waals surface area contributed by atoms with Crippen molar-refractivity contribution >= 4 is 5.91 Å². The zero-order valence-electron chi connectivity index (χ0n) is 11.6. The predicted octanol–water partition coefficient (Wildman–Crippen LogP) is 1.49. The summed E-state index contributed by atoms with van der Waals surface area (Å²) in [4.78, 5) is 15.8. The van der Waals surface area contributed by atoms with E-state index in [4.69, 9.17) is 4.42 Å². The number of carbonyl (C=O) groups excluding carboxylic acids is 1. The molecule has 1 aromatic heterocycles. The van der Waals surface area contributed by atoms with Crippen LogP contribution in [0.1, 0.15) is 39.3 Å². The first-order chi connectivity index (χ1) is 8.52. The minimum Gasteiger partial charge on any atom is -0.444 e. The number of oxazole rings is 1. The monoisotopic (exact) mass is 253 g/mol. The van der Waals surface area contributed by atoms with Gasteiger partial charge in [0.2, 0.25) is 11.8 Å². The van der Waals surface area contributed by atoms with Crippen molar-refractivity contribution in [1.82, 2.24) is 15.6 Å². The highest BCUT2D eigenvalue weighted by atomic mass is 16.4. The van der Waals surface area contributed by atoms with Crippen molar-refractivity contribution in [2.45, 2.75) is 46.7 Å². The van der Waals surface area contributed by atoms with Crippen LogP contribution in [0.2, 0.25) is 0 Å². The topological polar surface area (TPSA) is 67.2 Å². The molecule has 0 saturated carbocycles. The minimum absolute atomic E-state index is 0.00553. The van der Waals surface area contributed by atoms with Gasteiger partial charge in [0.15, 0.2) is 0 Å². The molecule has 5 nitrogen and oxygen atoms in total. The van der Waals surface area contributed by atoms with Gasteiger partial charge in [0.05, 0.1) is 18.8 Å². The van der Waals surface area contributed by atoms with E-state index in [0.717, 1.165) is 12.2 Å². The first-order valence-corrected chi connectivity index (χ1v) is 6.47. The molecule has 0 aromatic carbocycles. The molecular formula is C13H23N3O2. The van der Waals surface area contributed by atoms with Gasteiger partial charge in [0, 0.05) is 13.0 Å². The maximum atomic E-state index is 11.7. The molecule has 1 aromatic rings. The Morgan fingerprint density at radius 2 is 2.17 bits per heavy atom. The summed E-state index contributed by atoms with van der Waals surface area (Å²) < 4.78 is 5.46. The normalized spacial score (nSPS) is 12.7. The van der Waals surface area contributed by atoms with Crippen LogP contribution >= 0.6 is 0 Å². The number of nitrogens with zero attached hydrogens (tertiary/aromatic N) is 1. The highest BCUT2D eigenvalue weighted by Gasteiger charge is 2.13. The SMILES string of the molecule is CCc1cnc(CNC(C)C(=O)NCC(C)C)o1. The fourth-order valence-corrected chi connectivity index (χ4v) is 1.38. The zero-order valence-corrected chi connectivity index (χ0v) is 11.6. The van der Waals surface area contributed by atoms with Crippen LogP contribution in [0.4, 0.5) is 0 Å². The second kappa shape index (κ2) is 7.16. The fourth-order valence-electron chi connectivity index (χ4n) is 1.38. The van der Waals surface area contributed by atoms with Gasteiger partial charge in [-0.3, -0.25) is 10.1 Å². The number of carbonyl (C=O) groups is 1. The Morgan fingerprint density at radius 1 is 1.44 bits per heavy atom. The lowest BCUT2D eigenvalue weighted by atomic mass is 10.2. The number of hydrogen-bond donors (Lipinski definition) is 2. The molecule has 5 heteroatoms. The number of nitrogens with one attached hydrogen (secondary N) is 2. The number of aromatic nitrogens is 1. The van der Waals surface area contributed by atoms with E-state index < -0.39 is 0 Å². The van der Waals surface area contributed by atoms with Crippen molar-refractivity contribution in [2.24, 2.45) is 5.92 Å². The van der Waals surface area contributed by atoms with Crippen LogP contribution in [0.5, 0.6) is 0 Å². The Balaban J connectivity index is 2.31. The van der Waals surface area contributed by atoms with Crippen LogP contribution in [-0.2, 0) is 17.8 Å². The molecule has 0 fully saturated rings. The molecule has 0 aliphatic rings. The predicted molar refractivity (Wildman–Crippen MR) is 70.0 cm³/mol. The quantitative estimate of drug-likeness (QED) is 0.772. The average Bonchev–Trinajstić information content (AvgIpc) is 2.80. The van der Waals surface area contributed by atoms with Gasteiger partial charge >= 0.3 is 0 Å². The van der Waals surface area contributed by atoms with E-state index >= 15 is 0 Å². The molecule has 0 aliphatic carbocycles. The third kappa shape index (κ3) is 4.87. The standard InChI is InChI=1S/C13H23N3O2/c1-5-11-7-15-12(18-11)8-14-10(4)13(17)16-6-9(2)3/h7,9-10,14H,5-6,8H2,1-4H3,(H,16,17).